The maximum absolute atomic E-state index is 13.5. The molecule has 1 atom stereocenters. The number of piperazine rings is 1. The minimum Gasteiger partial charge on any atom is -0.314 e. The lowest BCUT2D eigenvalue weighted by Gasteiger charge is -2.36. The van der Waals surface area contributed by atoms with Crippen LogP contribution in [0.15, 0.2) is 30.9 Å². The molecule has 2 rings (SSSR count). The van der Waals surface area contributed by atoms with Crippen LogP contribution in [0.2, 0.25) is 0 Å². The van der Waals surface area contributed by atoms with E-state index in [1.54, 1.807) is 12.1 Å². The highest BCUT2D eigenvalue weighted by atomic mass is 19.1. The van der Waals surface area contributed by atoms with Crippen molar-refractivity contribution >= 4 is 0 Å². The summed E-state index contributed by atoms with van der Waals surface area (Å²) in [6.07, 6.45) is 3.92. The number of aryl methyl sites for hydroxylation is 1. The van der Waals surface area contributed by atoms with Crippen LogP contribution in [0.3, 0.4) is 0 Å². The summed E-state index contributed by atoms with van der Waals surface area (Å²) in [5.74, 6) is -0.140. The van der Waals surface area contributed by atoms with Crippen molar-refractivity contribution in [2.75, 3.05) is 26.2 Å². The van der Waals surface area contributed by atoms with Crippen LogP contribution in [-0.4, -0.2) is 31.1 Å². The highest BCUT2D eigenvalue weighted by molar-refractivity contribution is 5.30. The number of rotatable bonds is 5. The summed E-state index contributed by atoms with van der Waals surface area (Å²) in [4.78, 5) is 2.46. The van der Waals surface area contributed by atoms with Crippen LogP contribution in [0.25, 0.3) is 0 Å². The zero-order valence-corrected chi connectivity index (χ0v) is 11.7. The molecule has 1 fully saturated rings. The number of nitrogens with zero attached hydrogens (tertiary/aromatic N) is 1. The Kier molecular flexibility index (Phi) is 5.11. The first-order valence-corrected chi connectivity index (χ1v) is 7.04. The molecule has 1 aliphatic heterocycles. The summed E-state index contributed by atoms with van der Waals surface area (Å²) < 4.78 is 13.5. The summed E-state index contributed by atoms with van der Waals surface area (Å²) >= 11 is 0. The van der Waals surface area contributed by atoms with Gasteiger partial charge in [0.15, 0.2) is 0 Å². The Bertz CT molecular complexity index is 425. The monoisotopic (exact) mass is 262 g/mol. The van der Waals surface area contributed by atoms with Crippen molar-refractivity contribution in [2.24, 2.45) is 0 Å². The van der Waals surface area contributed by atoms with E-state index in [0.29, 0.717) is 6.04 Å². The van der Waals surface area contributed by atoms with Crippen molar-refractivity contribution in [1.82, 2.24) is 10.2 Å². The predicted molar refractivity (Wildman–Crippen MR) is 77.8 cm³/mol. The van der Waals surface area contributed by atoms with E-state index < -0.39 is 0 Å². The molecule has 1 saturated heterocycles. The van der Waals surface area contributed by atoms with Gasteiger partial charge in [-0.1, -0.05) is 12.1 Å². The summed E-state index contributed by atoms with van der Waals surface area (Å²) in [7, 11) is 0. The molecule has 0 amide bonds. The lowest BCUT2D eigenvalue weighted by atomic mass is 9.95. The highest BCUT2D eigenvalue weighted by Gasteiger charge is 2.23. The fourth-order valence-electron chi connectivity index (χ4n) is 2.77. The highest BCUT2D eigenvalue weighted by Crippen LogP contribution is 2.29. The molecule has 0 aromatic heterocycles. The van der Waals surface area contributed by atoms with Crippen LogP contribution in [-0.2, 0) is 0 Å². The van der Waals surface area contributed by atoms with Crippen molar-refractivity contribution in [1.29, 1.82) is 0 Å². The smallest absolute Gasteiger partial charge is 0.123 e. The average Bonchev–Trinajstić information content (AvgIpc) is 2.44. The van der Waals surface area contributed by atoms with Crippen LogP contribution in [0.4, 0.5) is 4.39 Å². The van der Waals surface area contributed by atoms with E-state index in [0.717, 1.165) is 44.6 Å². The summed E-state index contributed by atoms with van der Waals surface area (Å²) in [6, 6.07) is 5.43. The molecule has 0 saturated carbocycles. The second kappa shape index (κ2) is 6.83. The second-order valence-corrected chi connectivity index (χ2v) is 5.17. The van der Waals surface area contributed by atoms with E-state index in [-0.39, 0.29) is 5.82 Å². The van der Waals surface area contributed by atoms with Crippen LogP contribution < -0.4 is 5.32 Å². The molecule has 0 bridgehead atoms. The fraction of sp³-hybridized carbons (Fsp3) is 0.500. The van der Waals surface area contributed by atoms with Crippen molar-refractivity contribution < 1.29 is 4.39 Å². The summed E-state index contributed by atoms with van der Waals surface area (Å²) in [6.45, 7) is 9.95. The first-order chi connectivity index (χ1) is 9.22. The van der Waals surface area contributed by atoms with Gasteiger partial charge in [-0.25, -0.2) is 4.39 Å². The van der Waals surface area contributed by atoms with E-state index >= 15 is 0 Å². The van der Waals surface area contributed by atoms with Crippen LogP contribution in [0, 0.1) is 12.7 Å². The lowest BCUT2D eigenvalue weighted by molar-refractivity contribution is 0.165. The Hall–Kier alpha value is -1.19. The first-order valence-electron chi connectivity index (χ1n) is 7.04. The molecule has 104 valence electrons. The number of nitrogens with one attached hydrogen (secondary N) is 1. The quantitative estimate of drug-likeness (QED) is 0.821. The molecule has 1 aromatic rings. The molecule has 1 heterocycles. The van der Waals surface area contributed by atoms with Crippen molar-refractivity contribution in [2.45, 2.75) is 25.8 Å². The van der Waals surface area contributed by atoms with Gasteiger partial charge in [-0.15, -0.1) is 6.58 Å². The number of hydrogen-bond acceptors (Lipinski definition) is 2. The topological polar surface area (TPSA) is 15.3 Å². The Morgan fingerprint density at radius 1 is 1.42 bits per heavy atom. The van der Waals surface area contributed by atoms with Gasteiger partial charge in [0.2, 0.25) is 0 Å². The van der Waals surface area contributed by atoms with Gasteiger partial charge < -0.3 is 5.32 Å². The average molecular weight is 262 g/mol. The standard InChI is InChI=1S/C16H23FN2/c1-3-4-5-16(19-10-8-18-9-11-19)15-12-14(17)7-6-13(15)2/h3,6-7,12,16,18H,1,4-5,8-11H2,2H3/t16-/m1/s1. The van der Waals surface area contributed by atoms with Gasteiger partial charge in [-0.05, 0) is 43.0 Å². The molecule has 19 heavy (non-hydrogen) atoms. The Morgan fingerprint density at radius 2 is 2.16 bits per heavy atom. The van der Waals surface area contributed by atoms with Crippen molar-refractivity contribution in [3.63, 3.8) is 0 Å². The first kappa shape index (κ1) is 14.2. The SMILES string of the molecule is C=CCC[C@H](c1cc(F)ccc1C)N1CCNCC1. The number of allylic oxidation sites excluding steroid dienone is 1. The minimum absolute atomic E-state index is 0.140. The van der Waals surface area contributed by atoms with Gasteiger partial charge in [-0.2, -0.15) is 0 Å². The lowest BCUT2D eigenvalue weighted by Crippen LogP contribution is -2.45. The Labute approximate surface area is 115 Å². The Balaban J connectivity index is 2.24. The molecule has 0 radical (unpaired) electrons. The normalized spacial score (nSPS) is 18.2. The second-order valence-electron chi connectivity index (χ2n) is 5.17. The third-order valence-corrected chi connectivity index (χ3v) is 3.84. The maximum Gasteiger partial charge on any atom is 0.123 e. The van der Waals surface area contributed by atoms with E-state index in [4.69, 9.17) is 0 Å². The van der Waals surface area contributed by atoms with Gasteiger partial charge in [0.1, 0.15) is 5.82 Å². The minimum atomic E-state index is -0.140. The van der Waals surface area contributed by atoms with Gasteiger partial charge in [0.25, 0.3) is 0 Å². The van der Waals surface area contributed by atoms with Crippen LogP contribution >= 0.6 is 0 Å². The van der Waals surface area contributed by atoms with E-state index in [2.05, 4.69) is 23.7 Å². The molecule has 3 heteroatoms. The van der Waals surface area contributed by atoms with Crippen molar-refractivity contribution in [3.05, 3.63) is 47.8 Å². The number of halogens is 1. The third-order valence-electron chi connectivity index (χ3n) is 3.84. The predicted octanol–water partition coefficient (Wildman–Crippen LogP) is 3.05. The van der Waals surface area contributed by atoms with Crippen molar-refractivity contribution in [3.8, 4) is 0 Å². The van der Waals surface area contributed by atoms with Gasteiger partial charge in [0.05, 0.1) is 0 Å². The van der Waals surface area contributed by atoms with Crippen LogP contribution in [0.1, 0.15) is 30.0 Å². The maximum atomic E-state index is 13.5. The molecule has 0 aliphatic carbocycles. The van der Waals surface area contributed by atoms with Crippen LogP contribution in [0.5, 0.6) is 0 Å². The zero-order chi connectivity index (χ0) is 13.7. The Morgan fingerprint density at radius 3 is 2.84 bits per heavy atom. The van der Waals surface area contributed by atoms with Gasteiger partial charge in [-0.3, -0.25) is 4.90 Å². The van der Waals surface area contributed by atoms with E-state index in [1.165, 1.54) is 5.56 Å². The van der Waals surface area contributed by atoms with E-state index in [1.807, 2.05) is 12.1 Å². The zero-order valence-electron chi connectivity index (χ0n) is 11.7. The molecule has 2 nitrogen and oxygen atoms in total. The summed E-state index contributed by atoms with van der Waals surface area (Å²) in [5.41, 5.74) is 2.30. The molecular weight excluding hydrogens is 239 g/mol. The molecule has 1 N–H and O–H groups in total. The number of benzene rings is 1. The van der Waals surface area contributed by atoms with Gasteiger partial charge in [0, 0.05) is 32.2 Å². The molecule has 1 aliphatic rings. The molecule has 1 aromatic carbocycles. The fourth-order valence-corrected chi connectivity index (χ4v) is 2.77. The molecule has 0 unspecified atom stereocenters. The number of hydrogen-bond donors (Lipinski definition) is 1. The third kappa shape index (κ3) is 3.64. The molecular formula is C16H23FN2. The largest absolute Gasteiger partial charge is 0.314 e. The molecule has 0 spiro atoms. The van der Waals surface area contributed by atoms with E-state index in [9.17, 15) is 4.39 Å². The van der Waals surface area contributed by atoms with Gasteiger partial charge >= 0.3 is 0 Å². The summed E-state index contributed by atoms with van der Waals surface area (Å²) in [5, 5.41) is 3.37.